The number of nitrogens with zero attached hydrogens (tertiary/aromatic N) is 4. The fourth-order valence-electron chi connectivity index (χ4n) is 6.02. The van der Waals surface area contributed by atoms with Crippen molar-refractivity contribution in [3.05, 3.63) is 82.1 Å². The molecule has 3 aliphatic rings. The topological polar surface area (TPSA) is 98.7 Å². The van der Waals surface area contributed by atoms with Crippen molar-refractivity contribution >= 4 is 40.1 Å². The molecule has 8 nitrogen and oxygen atoms in total. The van der Waals surface area contributed by atoms with Gasteiger partial charge in [0.1, 0.15) is 22.9 Å². The zero-order chi connectivity index (χ0) is 27.7. The molecule has 0 radical (unpaired) electrons. The minimum Gasteiger partial charge on any atom is -0.507 e. The van der Waals surface area contributed by atoms with E-state index in [0.717, 1.165) is 23.8 Å². The number of benzene rings is 3. The molecule has 3 aliphatic heterocycles. The van der Waals surface area contributed by atoms with Gasteiger partial charge in [-0.3, -0.25) is 14.5 Å². The van der Waals surface area contributed by atoms with Gasteiger partial charge in [-0.15, -0.1) is 0 Å². The van der Waals surface area contributed by atoms with E-state index in [1.807, 2.05) is 4.90 Å². The van der Waals surface area contributed by atoms with Gasteiger partial charge in [-0.25, -0.2) is 18.7 Å². The lowest BCUT2D eigenvalue weighted by atomic mass is 10.0. The van der Waals surface area contributed by atoms with Gasteiger partial charge in [-0.05, 0) is 43.2 Å². The molecule has 1 aromatic heterocycles. The molecule has 0 spiro atoms. The molecule has 2 saturated heterocycles. The van der Waals surface area contributed by atoms with Crippen molar-refractivity contribution in [3.63, 3.8) is 0 Å². The van der Waals surface area contributed by atoms with Gasteiger partial charge in [0, 0.05) is 36.1 Å². The summed E-state index contributed by atoms with van der Waals surface area (Å²) in [5, 5.41) is 14.1. The Balaban J connectivity index is 1.40. The maximum atomic E-state index is 16.3. The van der Waals surface area contributed by atoms with Crippen LogP contribution in [0.25, 0.3) is 22.0 Å². The summed E-state index contributed by atoms with van der Waals surface area (Å²) in [5.41, 5.74) is -0.301. The lowest BCUT2D eigenvalue weighted by Crippen LogP contribution is -2.51. The first-order valence-corrected chi connectivity index (χ1v) is 13.3. The van der Waals surface area contributed by atoms with E-state index in [1.54, 1.807) is 24.3 Å². The number of fused-ring (bicyclic) bond motifs is 4. The molecule has 2 N–H and O–H groups in total. The van der Waals surface area contributed by atoms with E-state index < -0.39 is 29.2 Å². The predicted molar refractivity (Wildman–Crippen MR) is 144 cm³/mol. The maximum Gasteiger partial charge on any atom is 0.261 e. The number of hydrogen-bond donors (Lipinski definition) is 2. The van der Waals surface area contributed by atoms with Crippen molar-refractivity contribution in [2.75, 3.05) is 18.0 Å². The number of anilines is 1. The first-order chi connectivity index (χ1) is 19.3. The number of phenolic OH excluding ortho intramolecular Hbond substituents is 1. The molecule has 3 aromatic carbocycles. The second kappa shape index (κ2) is 9.21. The summed E-state index contributed by atoms with van der Waals surface area (Å²) in [6.07, 6.45) is 2.00. The number of phenols is 1. The summed E-state index contributed by atoms with van der Waals surface area (Å²) in [7, 11) is 0. The Morgan fingerprint density at radius 1 is 0.950 bits per heavy atom. The quantitative estimate of drug-likeness (QED) is 0.349. The number of nitrogens with one attached hydrogen (secondary N) is 1. The van der Waals surface area contributed by atoms with Crippen molar-refractivity contribution in [1.29, 1.82) is 0 Å². The van der Waals surface area contributed by atoms with Crippen LogP contribution in [0.4, 0.5) is 14.6 Å². The number of piperazine rings is 1. The molecule has 202 valence electrons. The van der Waals surface area contributed by atoms with E-state index in [1.165, 1.54) is 18.2 Å². The van der Waals surface area contributed by atoms with Crippen LogP contribution < -0.4 is 10.2 Å². The van der Waals surface area contributed by atoms with E-state index >= 15 is 4.39 Å². The first-order valence-electron chi connectivity index (χ1n) is 12.9. The molecule has 2 amide bonds. The van der Waals surface area contributed by atoms with E-state index in [9.17, 15) is 19.1 Å². The minimum atomic E-state index is -0.937. The zero-order valence-electron chi connectivity index (χ0n) is 21.0. The number of carbonyl (C=O) groups is 2. The van der Waals surface area contributed by atoms with Gasteiger partial charge < -0.3 is 15.3 Å². The number of amides is 2. The molecule has 11 heteroatoms. The number of aromatic hydroxyl groups is 1. The van der Waals surface area contributed by atoms with Crippen LogP contribution in [0.3, 0.4) is 0 Å². The van der Waals surface area contributed by atoms with Crippen LogP contribution in [0.2, 0.25) is 5.02 Å². The van der Waals surface area contributed by atoms with Crippen LogP contribution in [0.1, 0.15) is 39.4 Å². The number of hydrogen-bond acceptors (Lipinski definition) is 7. The van der Waals surface area contributed by atoms with Gasteiger partial charge in [-0.1, -0.05) is 29.8 Å². The van der Waals surface area contributed by atoms with Gasteiger partial charge in [0.2, 0.25) is 0 Å². The average Bonchev–Trinajstić information content (AvgIpc) is 3.40. The second-order valence-corrected chi connectivity index (χ2v) is 10.7. The van der Waals surface area contributed by atoms with E-state index in [0.29, 0.717) is 24.3 Å². The molecular weight excluding hydrogens is 540 g/mol. The molecule has 2 bridgehead atoms. The standard InChI is InChI=1S/C29H22ClF2N5O3/c30-19-10-18-26(25(32)23(19)24-20(31)6-3-7-21(24)38)34-22(35-27(18)36-11-14-8-9-15(12-36)33-14)13-37-28(39)16-4-1-2-5-17(16)29(37)40/h1-7,10,14-15,33,38H,8-9,11-13H2/t14-,15+. The fourth-order valence-corrected chi connectivity index (χ4v) is 6.31. The van der Waals surface area contributed by atoms with Crippen LogP contribution >= 0.6 is 11.6 Å². The van der Waals surface area contributed by atoms with Gasteiger partial charge in [-0.2, -0.15) is 0 Å². The number of carbonyl (C=O) groups excluding carboxylic acids is 2. The Morgan fingerprint density at radius 2 is 1.62 bits per heavy atom. The molecule has 7 rings (SSSR count). The Hall–Kier alpha value is -4.15. The summed E-state index contributed by atoms with van der Waals surface area (Å²) < 4.78 is 31.1. The van der Waals surface area contributed by atoms with Crippen molar-refractivity contribution in [2.24, 2.45) is 0 Å². The maximum absolute atomic E-state index is 16.3. The molecule has 0 aliphatic carbocycles. The second-order valence-electron chi connectivity index (χ2n) is 10.3. The van der Waals surface area contributed by atoms with Crippen LogP contribution in [0.15, 0.2) is 48.5 Å². The van der Waals surface area contributed by atoms with Crippen molar-refractivity contribution in [2.45, 2.75) is 31.5 Å². The molecule has 2 fully saturated rings. The highest BCUT2D eigenvalue weighted by Gasteiger charge is 2.37. The van der Waals surface area contributed by atoms with Crippen LogP contribution in [0, 0.1) is 11.6 Å². The monoisotopic (exact) mass is 561 g/mol. The Bertz CT molecular complexity index is 1680. The Kier molecular flexibility index (Phi) is 5.72. The van der Waals surface area contributed by atoms with Gasteiger partial charge in [0.05, 0.1) is 28.3 Å². The third-order valence-corrected chi connectivity index (χ3v) is 8.14. The molecule has 4 heterocycles. The van der Waals surface area contributed by atoms with Gasteiger partial charge in [0.25, 0.3) is 11.8 Å². The van der Waals surface area contributed by atoms with E-state index in [4.69, 9.17) is 16.6 Å². The van der Waals surface area contributed by atoms with Gasteiger partial charge in [0.15, 0.2) is 11.6 Å². The highest BCUT2D eigenvalue weighted by atomic mass is 35.5. The molecule has 2 atom stereocenters. The number of halogens is 3. The summed E-state index contributed by atoms with van der Waals surface area (Å²) in [4.78, 5) is 38.3. The minimum absolute atomic E-state index is 0.0489. The van der Waals surface area contributed by atoms with Crippen LogP contribution in [-0.4, -0.2) is 57.0 Å². The summed E-state index contributed by atoms with van der Waals surface area (Å²) in [6.45, 7) is 0.949. The van der Waals surface area contributed by atoms with Crippen LogP contribution in [-0.2, 0) is 6.54 Å². The highest BCUT2D eigenvalue weighted by Crippen LogP contribution is 2.42. The molecule has 40 heavy (non-hydrogen) atoms. The fraction of sp³-hybridized carbons (Fsp3) is 0.241. The van der Waals surface area contributed by atoms with E-state index in [2.05, 4.69) is 10.3 Å². The zero-order valence-corrected chi connectivity index (χ0v) is 21.8. The SMILES string of the molecule is O=C1c2ccccc2C(=O)N1Cc1nc(N2C[C@H]3CC[C@@H](C2)N3)c2cc(Cl)c(-c3c(O)cccc3F)c(F)c2n1. The Morgan fingerprint density at radius 3 is 2.27 bits per heavy atom. The van der Waals surface area contributed by atoms with Crippen molar-refractivity contribution in [1.82, 2.24) is 20.2 Å². The Labute approximate surface area is 232 Å². The number of aromatic nitrogens is 2. The predicted octanol–water partition coefficient (Wildman–Crippen LogP) is 4.67. The first kappa shape index (κ1) is 24.9. The van der Waals surface area contributed by atoms with Crippen LogP contribution in [0.5, 0.6) is 5.75 Å². The summed E-state index contributed by atoms with van der Waals surface area (Å²) in [6, 6.07) is 12.1. The molecular formula is C29H22ClF2N5O3. The molecule has 0 saturated carbocycles. The lowest BCUT2D eigenvalue weighted by Gasteiger charge is -2.34. The van der Waals surface area contributed by atoms with Crippen molar-refractivity contribution in [3.8, 4) is 16.9 Å². The normalized spacial score (nSPS) is 20.1. The smallest absolute Gasteiger partial charge is 0.261 e. The average molecular weight is 562 g/mol. The summed E-state index contributed by atoms with van der Waals surface area (Å²) in [5.74, 6) is -2.76. The third kappa shape index (κ3) is 3.82. The third-order valence-electron chi connectivity index (χ3n) is 7.84. The number of rotatable bonds is 4. The molecule has 4 aromatic rings. The van der Waals surface area contributed by atoms with E-state index in [-0.39, 0.29) is 57.2 Å². The number of imide groups is 1. The molecule has 0 unspecified atom stereocenters. The lowest BCUT2D eigenvalue weighted by molar-refractivity contribution is 0.0638. The highest BCUT2D eigenvalue weighted by molar-refractivity contribution is 6.34. The van der Waals surface area contributed by atoms with Gasteiger partial charge >= 0.3 is 0 Å². The largest absolute Gasteiger partial charge is 0.507 e. The summed E-state index contributed by atoms with van der Waals surface area (Å²) >= 11 is 6.53. The van der Waals surface area contributed by atoms with Crippen molar-refractivity contribution < 1.29 is 23.5 Å².